The summed E-state index contributed by atoms with van der Waals surface area (Å²) in [5.74, 6) is -0.518. The van der Waals surface area contributed by atoms with Gasteiger partial charge in [0.2, 0.25) is 11.8 Å². The Bertz CT molecular complexity index is 1490. The number of benzene rings is 3. The summed E-state index contributed by atoms with van der Waals surface area (Å²) in [5, 5.41) is 3.60. The number of carbonyl (C=O) groups excluding carboxylic acids is 2. The minimum absolute atomic E-state index is 0.0382. The Morgan fingerprint density at radius 2 is 1.69 bits per heavy atom. The molecule has 0 radical (unpaired) electrons. The van der Waals surface area contributed by atoms with Gasteiger partial charge < -0.3 is 15.0 Å². The van der Waals surface area contributed by atoms with E-state index in [0.29, 0.717) is 10.8 Å². The van der Waals surface area contributed by atoms with Crippen molar-refractivity contribution in [3.63, 3.8) is 0 Å². The Hall–Kier alpha value is -3.56. The number of carbonyl (C=O) groups is 2. The number of hydrogen-bond donors (Lipinski definition) is 1. The molecule has 1 aliphatic carbocycles. The van der Waals surface area contributed by atoms with Crippen LogP contribution in [0.25, 0.3) is 0 Å². The number of rotatable bonds is 11. The Labute approximate surface area is 253 Å². The molecule has 224 valence electrons. The van der Waals surface area contributed by atoms with Crippen molar-refractivity contribution in [2.75, 3.05) is 18.0 Å². The molecule has 0 heterocycles. The van der Waals surface area contributed by atoms with E-state index in [1.807, 2.05) is 13.0 Å². The van der Waals surface area contributed by atoms with Crippen LogP contribution in [0.15, 0.2) is 77.7 Å². The third kappa shape index (κ3) is 7.63. The fourth-order valence-corrected chi connectivity index (χ4v) is 6.81. The van der Waals surface area contributed by atoms with E-state index in [1.54, 1.807) is 61.5 Å². The first-order valence-electron chi connectivity index (χ1n) is 14.2. The van der Waals surface area contributed by atoms with Crippen LogP contribution in [-0.4, -0.2) is 50.9 Å². The van der Waals surface area contributed by atoms with E-state index in [-0.39, 0.29) is 29.1 Å². The fraction of sp³-hybridized carbons (Fsp3) is 0.375. The Balaban J connectivity index is 1.70. The van der Waals surface area contributed by atoms with Gasteiger partial charge in [0.25, 0.3) is 10.0 Å². The number of nitrogens with zero attached hydrogens (tertiary/aromatic N) is 2. The van der Waals surface area contributed by atoms with E-state index in [1.165, 1.54) is 24.1 Å². The van der Waals surface area contributed by atoms with E-state index in [9.17, 15) is 18.0 Å². The summed E-state index contributed by atoms with van der Waals surface area (Å²) in [6, 6.07) is 19.3. The molecule has 10 heteroatoms. The number of halogens is 1. The van der Waals surface area contributed by atoms with Crippen LogP contribution < -0.4 is 14.4 Å². The van der Waals surface area contributed by atoms with Gasteiger partial charge in [-0.25, -0.2) is 8.42 Å². The minimum atomic E-state index is -4.20. The summed E-state index contributed by atoms with van der Waals surface area (Å²) >= 11 is 6.23. The van der Waals surface area contributed by atoms with Gasteiger partial charge in [-0.1, -0.05) is 72.8 Å². The summed E-state index contributed by atoms with van der Waals surface area (Å²) in [5.41, 5.74) is 1.84. The van der Waals surface area contributed by atoms with Crippen LogP contribution in [0.1, 0.15) is 50.2 Å². The maximum atomic E-state index is 14.2. The van der Waals surface area contributed by atoms with Crippen molar-refractivity contribution in [1.82, 2.24) is 10.2 Å². The summed E-state index contributed by atoms with van der Waals surface area (Å²) in [7, 11) is -2.75. The van der Waals surface area contributed by atoms with Crippen LogP contribution in [0.2, 0.25) is 5.02 Å². The SMILES string of the molecule is COc1ccccc1N(CC(=O)N(Cc1cccc(Cl)c1)C(C)C(=O)NC1CCCCC1)S(=O)(=O)c1ccc(C)cc1. The molecule has 0 aromatic heterocycles. The van der Waals surface area contributed by atoms with Gasteiger partial charge in [-0.15, -0.1) is 0 Å². The van der Waals surface area contributed by atoms with Gasteiger partial charge in [-0.3, -0.25) is 13.9 Å². The second kappa shape index (κ2) is 14.1. The molecule has 4 rings (SSSR count). The van der Waals surface area contributed by atoms with Crippen LogP contribution >= 0.6 is 11.6 Å². The van der Waals surface area contributed by atoms with E-state index < -0.39 is 28.5 Å². The van der Waals surface area contributed by atoms with E-state index in [2.05, 4.69) is 5.32 Å². The highest BCUT2D eigenvalue weighted by Crippen LogP contribution is 2.32. The normalized spacial score (nSPS) is 14.6. The van der Waals surface area contributed by atoms with Crippen molar-refractivity contribution in [3.8, 4) is 5.75 Å². The molecule has 3 aromatic rings. The minimum Gasteiger partial charge on any atom is -0.495 e. The Morgan fingerprint density at radius 3 is 2.36 bits per heavy atom. The van der Waals surface area contributed by atoms with Crippen molar-refractivity contribution in [3.05, 3.63) is 88.9 Å². The molecule has 0 aliphatic heterocycles. The number of aryl methyl sites for hydroxylation is 1. The lowest BCUT2D eigenvalue weighted by Crippen LogP contribution is -2.53. The molecule has 2 amide bonds. The summed E-state index contributed by atoms with van der Waals surface area (Å²) < 4.78 is 34.6. The number of hydrogen-bond acceptors (Lipinski definition) is 5. The largest absolute Gasteiger partial charge is 0.495 e. The quantitative estimate of drug-likeness (QED) is 0.299. The number of nitrogens with one attached hydrogen (secondary N) is 1. The van der Waals surface area contributed by atoms with Gasteiger partial charge in [-0.05, 0) is 68.7 Å². The smallest absolute Gasteiger partial charge is 0.264 e. The maximum Gasteiger partial charge on any atom is 0.264 e. The zero-order chi connectivity index (χ0) is 30.3. The molecule has 0 spiro atoms. The summed E-state index contributed by atoms with van der Waals surface area (Å²) in [6.45, 7) is 3.06. The third-order valence-electron chi connectivity index (χ3n) is 7.60. The second-order valence-electron chi connectivity index (χ2n) is 10.7. The predicted molar refractivity (Wildman–Crippen MR) is 165 cm³/mol. The molecule has 3 aromatic carbocycles. The van der Waals surface area contributed by atoms with Crippen LogP contribution in [0.3, 0.4) is 0 Å². The lowest BCUT2D eigenvalue weighted by Gasteiger charge is -2.33. The van der Waals surface area contributed by atoms with Crippen molar-refractivity contribution in [1.29, 1.82) is 0 Å². The number of methoxy groups -OCH3 is 1. The van der Waals surface area contributed by atoms with E-state index in [4.69, 9.17) is 16.3 Å². The number of sulfonamides is 1. The average Bonchev–Trinajstić information content (AvgIpc) is 2.99. The first-order chi connectivity index (χ1) is 20.1. The molecule has 1 atom stereocenters. The molecule has 8 nitrogen and oxygen atoms in total. The first kappa shape index (κ1) is 31.4. The molecular weight excluding hydrogens is 574 g/mol. The van der Waals surface area contributed by atoms with Crippen molar-refractivity contribution < 1.29 is 22.7 Å². The fourth-order valence-electron chi connectivity index (χ4n) is 5.17. The van der Waals surface area contributed by atoms with Gasteiger partial charge in [0, 0.05) is 17.6 Å². The van der Waals surface area contributed by atoms with E-state index >= 15 is 0 Å². The standard InChI is InChI=1S/C32H38ClN3O5S/c1-23-16-18-28(19-17-23)42(39,40)36(29-14-7-8-15-30(29)41-3)22-31(37)35(21-25-10-9-11-26(33)20-25)24(2)32(38)34-27-12-5-4-6-13-27/h7-11,14-20,24,27H,4-6,12-13,21-22H2,1-3H3,(H,34,38). The topological polar surface area (TPSA) is 96.0 Å². The van der Waals surface area contributed by atoms with Gasteiger partial charge in [0.15, 0.2) is 0 Å². The van der Waals surface area contributed by atoms with Crippen molar-refractivity contribution >= 4 is 39.1 Å². The Kier molecular flexibility index (Phi) is 10.5. The summed E-state index contributed by atoms with van der Waals surface area (Å²) in [6.07, 6.45) is 5.05. The van der Waals surface area contributed by atoms with Gasteiger partial charge in [0.1, 0.15) is 18.3 Å². The molecule has 1 fully saturated rings. The summed E-state index contributed by atoms with van der Waals surface area (Å²) in [4.78, 5) is 29.0. The first-order valence-corrected chi connectivity index (χ1v) is 16.0. The monoisotopic (exact) mass is 611 g/mol. The van der Waals surface area contributed by atoms with Crippen molar-refractivity contribution in [2.45, 2.75) is 69.5 Å². The van der Waals surface area contributed by atoms with Crippen LogP contribution in [0.5, 0.6) is 5.75 Å². The lowest BCUT2D eigenvalue weighted by molar-refractivity contribution is -0.139. The molecular formula is C32H38ClN3O5S. The number of para-hydroxylation sites is 2. The lowest BCUT2D eigenvalue weighted by atomic mass is 9.95. The highest BCUT2D eigenvalue weighted by molar-refractivity contribution is 7.92. The molecule has 0 bridgehead atoms. The highest BCUT2D eigenvalue weighted by Gasteiger charge is 2.34. The Morgan fingerprint density at radius 1 is 1.00 bits per heavy atom. The molecule has 0 saturated heterocycles. The zero-order valence-corrected chi connectivity index (χ0v) is 25.8. The predicted octanol–water partition coefficient (Wildman–Crippen LogP) is 5.72. The highest BCUT2D eigenvalue weighted by atomic mass is 35.5. The van der Waals surface area contributed by atoms with Gasteiger partial charge in [-0.2, -0.15) is 0 Å². The van der Waals surface area contributed by atoms with Crippen molar-refractivity contribution in [2.24, 2.45) is 0 Å². The van der Waals surface area contributed by atoms with Crippen LogP contribution in [0.4, 0.5) is 5.69 Å². The average molecular weight is 612 g/mol. The van der Waals surface area contributed by atoms with Gasteiger partial charge in [0.05, 0.1) is 17.7 Å². The number of anilines is 1. The zero-order valence-electron chi connectivity index (χ0n) is 24.3. The van der Waals surface area contributed by atoms with Gasteiger partial charge >= 0.3 is 0 Å². The molecule has 1 unspecified atom stereocenters. The van der Waals surface area contributed by atoms with E-state index in [0.717, 1.165) is 47.5 Å². The maximum absolute atomic E-state index is 14.2. The molecule has 1 N–H and O–H groups in total. The third-order valence-corrected chi connectivity index (χ3v) is 9.61. The van der Waals surface area contributed by atoms with Crippen LogP contribution in [0, 0.1) is 6.92 Å². The molecule has 1 saturated carbocycles. The molecule has 1 aliphatic rings. The van der Waals surface area contributed by atoms with Crippen LogP contribution in [-0.2, 0) is 26.2 Å². The molecule has 42 heavy (non-hydrogen) atoms. The second-order valence-corrected chi connectivity index (χ2v) is 13.0. The number of ether oxygens (including phenoxy) is 1. The number of amides is 2.